The van der Waals surface area contributed by atoms with Gasteiger partial charge in [-0.15, -0.1) is 11.3 Å². The van der Waals surface area contributed by atoms with Crippen LogP contribution in [0.3, 0.4) is 0 Å². The molecule has 0 amide bonds. The molecular formula is C15H24N2S. The highest BCUT2D eigenvalue weighted by Crippen LogP contribution is 2.45. The van der Waals surface area contributed by atoms with Gasteiger partial charge in [-0.2, -0.15) is 0 Å². The first-order valence-corrected chi connectivity index (χ1v) is 8.17. The Kier molecular flexibility index (Phi) is 3.48. The van der Waals surface area contributed by atoms with Gasteiger partial charge in [0.1, 0.15) is 0 Å². The van der Waals surface area contributed by atoms with Crippen molar-refractivity contribution in [1.29, 1.82) is 0 Å². The molecule has 1 unspecified atom stereocenters. The number of hydrogen-bond acceptors (Lipinski definition) is 3. The molecule has 1 aromatic heterocycles. The smallest absolute Gasteiger partial charge is 0.0493 e. The molecule has 2 N–H and O–H groups in total. The average molecular weight is 264 g/mol. The second-order valence-electron chi connectivity index (χ2n) is 5.91. The van der Waals surface area contributed by atoms with Crippen molar-refractivity contribution in [3.63, 3.8) is 0 Å². The van der Waals surface area contributed by atoms with Crippen LogP contribution in [0.5, 0.6) is 0 Å². The Balaban J connectivity index is 1.91. The van der Waals surface area contributed by atoms with Gasteiger partial charge in [-0.1, -0.05) is 12.8 Å². The average Bonchev–Trinajstić information content (AvgIpc) is 3.10. The van der Waals surface area contributed by atoms with Crippen molar-refractivity contribution in [1.82, 2.24) is 4.90 Å². The molecule has 2 aliphatic rings. The van der Waals surface area contributed by atoms with E-state index < -0.39 is 0 Å². The molecule has 0 aromatic carbocycles. The highest BCUT2D eigenvalue weighted by molar-refractivity contribution is 7.10. The van der Waals surface area contributed by atoms with Crippen LogP contribution in [-0.4, -0.2) is 23.5 Å². The fourth-order valence-electron chi connectivity index (χ4n) is 3.98. The van der Waals surface area contributed by atoms with Crippen LogP contribution in [0, 0.1) is 6.92 Å². The van der Waals surface area contributed by atoms with Gasteiger partial charge in [-0.3, -0.25) is 4.90 Å². The summed E-state index contributed by atoms with van der Waals surface area (Å²) in [6.07, 6.45) is 8.02. The Labute approximate surface area is 114 Å². The van der Waals surface area contributed by atoms with Crippen LogP contribution < -0.4 is 5.73 Å². The van der Waals surface area contributed by atoms with Crippen molar-refractivity contribution in [3.8, 4) is 0 Å². The maximum Gasteiger partial charge on any atom is 0.0493 e. The van der Waals surface area contributed by atoms with Crippen molar-refractivity contribution >= 4 is 11.3 Å². The minimum Gasteiger partial charge on any atom is -0.322 e. The molecule has 1 atom stereocenters. The van der Waals surface area contributed by atoms with Crippen LogP contribution in [0.25, 0.3) is 0 Å². The lowest BCUT2D eigenvalue weighted by atomic mass is 9.83. The Hall–Kier alpha value is -0.380. The van der Waals surface area contributed by atoms with Crippen molar-refractivity contribution in [2.75, 3.05) is 13.1 Å². The third kappa shape index (κ3) is 1.93. The quantitative estimate of drug-likeness (QED) is 0.906. The zero-order chi connectivity index (χ0) is 12.6. The van der Waals surface area contributed by atoms with Crippen molar-refractivity contribution in [3.05, 3.63) is 21.9 Å². The predicted molar refractivity (Wildman–Crippen MR) is 78.0 cm³/mol. The molecule has 2 nitrogen and oxygen atoms in total. The summed E-state index contributed by atoms with van der Waals surface area (Å²) in [4.78, 5) is 4.12. The van der Waals surface area contributed by atoms with E-state index in [9.17, 15) is 0 Å². The standard InChI is InChI=1S/C15H24N2S/c1-12-13(6-11-18-12)14(16)15(7-2-3-8-15)17-9-4-5-10-17/h6,11,14H,2-5,7-10,16H2,1H3. The summed E-state index contributed by atoms with van der Waals surface area (Å²) in [5.74, 6) is 0. The molecule has 100 valence electrons. The number of hydrogen-bond donors (Lipinski definition) is 1. The Morgan fingerprint density at radius 2 is 1.89 bits per heavy atom. The first kappa shape index (κ1) is 12.6. The summed E-state index contributed by atoms with van der Waals surface area (Å²) >= 11 is 1.83. The van der Waals surface area contributed by atoms with Gasteiger partial charge in [0.15, 0.2) is 0 Å². The molecule has 0 spiro atoms. The van der Waals surface area contributed by atoms with Gasteiger partial charge < -0.3 is 5.73 Å². The molecule has 0 radical (unpaired) electrons. The van der Waals surface area contributed by atoms with E-state index in [1.165, 1.54) is 62.1 Å². The molecule has 18 heavy (non-hydrogen) atoms. The Morgan fingerprint density at radius 3 is 2.44 bits per heavy atom. The Bertz CT molecular complexity index is 400. The third-order valence-corrected chi connectivity index (χ3v) is 5.88. The summed E-state index contributed by atoms with van der Waals surface area (Å²) in [5.41, 5.74) is 8.39. The topological polar surface area (TPSA) is 29.3 Å². The minimum absolute atomic E-state index is 0.212. The lowest BCUT2D eigenvalue weighted by Gasteiger charge is -2.43. The van der Waals surface area contributed by atoms with Gasteiger partial charge in [-0.25, -0.2) is 0 Å². The summed E-state index contributed by atoms with van der Waals surface area (Å²) in [6, 6.07) is 2.46. The molecule has 2 fully saturated rings. The minimum atomic E-state index is 0.212. The van der Waals surface area contributed by atoms with E-state index in [0.717, 1.165) is 0 Å². The molecule has 3 rings (SSSR count). The van der Waals surface area contributed by atoms with Crippen LogP contribution >= 0.6 is 11.3 Å². The van der Waals surface area contributed by atoms with Crippen molar-refractivity contribution in [2.24, 2.45) is 5.73 Å². The van der Waals surface area contributed by atoms with Crippen molar-refractivity contribution < 1.29 is 0 Å². The molecule has 0 bridgehead atoms. The van der Waals surface area contributed by atoms with Crippen LogP contribution in [0.15, 0.2) is 11.4 Å². The molecule has 1 aromatic rings. The van der Waals surface area contributed by atoms with E-state index in [0.29, 0.717) is 0 Å². The molecular weight excluding hydrogens is 240 g/mol. The highest BCUT2D eigenvalue weighted by atomic mass is 32.1. The van der Waals surface area contributed by atoms with Gasteiger partial charge in [-0.05, 0) is 62.7 Å². The largest absolute Gasteiger partial charge is 0.322 e. The van der Waals surface area contributed by atoms with Gasteiger partial charge in [0.05, 0.1) is 0 Å². The summed E-state index contributed by atoms with van der Waals surface area (Å²) in [6.45, 7) is 4.74. The molecule has 2 heterocycles. The molecule has 3 heteroatoms. The lowest BCUT2D eigenvalue weighted by molar-refractivity contribution is 0.0921. The van der Waals surface area contributed by atoms with Gasteiger partial charge in [0.2, 0.25) is 0 Å². The second kappa shape index (κ2) is 4.95. The van der Waals surface area contributed by atoms with Gasteiger partial charge >= 0.3 is 0 Å². The van der Waals surface area contributed by atoms with Crippen LogP contribution in [0.4, 0.5) is 0 Å². The zero-order valence-corrected chi connectivity index (χ0v) is 12.1. The SMILES string of the molecule is Cc1sccc1C(N)C1(N2CCCC2)CCCC1. The summed E-state index contributed by atoms with van der Waals surface area (Å²) < 4.78 is 0. The number of rotatable bonds is 3. The first-order valence-electron chi connectivity index (χ1n) is 7.29. The number of aryl methyl sites for hydroxylation is 1. The van der Waals surface area contributed by atoms with E-state index in [1.807, 2.05) is 11.3 Å². The maximum absolute atomic E-state index is 6.73. The van der Waals surface area contributed by atoms with E-state index in [-0.39, 0.29) is 11.6 Å². The van der Waals surface area contributed by atoms with Crippen LogP contribution in [0.1, 0.15) is 55.0 Å². The van der Waals surface area contributed by atoms with Gasteiger partial charge in [0, 0.05) is 16.5 Å². The molecule has 1 saturated carbocycles. The van der Waals surface area contributed by atoms with Crippen molar-refractivity contribution in [2.45, 2.75) is 57.0 Å². The number of thiophene rings is 1. The highest BCUT2D eigenvalue weighted by Gasteiger charge is 2.46. The predicted octanol–water partition coefficient (Wildman–Crippen LogP) is 3.46. The van der Waals surface area contributed by atoms with Gasteiger partial charge in [0.25, 0.3) is 0 Å². The lowest BCUT2D eigenvalue weighted by Crippen LogP contribution is -2.52. The fraction of sp³-hybridized carbons (Fsp3) is 0.733. The number of nitrogens with two attached hydrogens (primary N) is 1. The molecule has 1 aliphatic heterocycles. The van der Waals surface area contributed by atoms with Crippen LogP contribution in [0.2, 0.25) is 0 Å². The zero-order valence-electron chi connectivity index (χ0n) is 11.3. The molecule has 1 saturated heterocycles. The van der Waals surface area contributed by atoms with E-state index in [2.05, 4.69) is 23.3 Å². The first-order chi connectivity index (χ1) is 8.74. The van der Waals surface area contributed by atoms with E-state index >= 15 is 0 Å². The fourth-order valence-corrected chi connectivity index (χ4v) is 4.73. The maximum atomic E-state index is 6.73. The van der Waals surface area contributed by atoms with Crippen LogP contribution in [-0.2, 0) is 0 Å². The summed E-state index contributed by atoms with van der Waals surface area (Å²) in [5, 5.41) is 2.19. The Morgan fingerprint density at radius 1 is 1.22 bits per heavy atom. The summed E-state index contributed by atoms with van der Waals surface area (Å²) in [7, 11) is 0. The van der Waals surface area contributed by atoms with E-state index in [4.69, 9.17) is 5.73 Å². The normalized spacial score (nSPS) is 25.7. The third-order valence-electron chi connectivity index (χ3n) is 5.02. The number of likely N-dealkylation sites (tertiary alicyclic amines) is 1. The molecule has 1 aliphatic carbocycles. The van der Waals surface area contributed by atoms with E-state index in [1.54, 1.807) is 0 Å². The monoisotopic (exact) mass is 264 g/mol. The second-order valence-corrected chi connectivity index (χ2v) is 7.03. The number of nitrogens with zero attached hydrogens (tertiary/aromatic N) is 1.